The van der Waals surface area contributed by atoms with Crippen molar-refractivity contribution in [3.05, 3.63) is 23.2 Å². The molecule has 0 bridgehead atoms. The van der Waals surface area contributed by atoms with E-state index in [4.69, 9.17) is 16.3 Å². The van der Waals surface area contributed by atoms with Crippen molar-refractivity contribution in [2.75, 3.05) is 38.6 Å². The Bertz CT molecular complexity index is 555. The van der Waals surface area contributed by atoms with Crippen LogP contribution in [0.1, 0.15) is 0 Å². The number of thiazole rings is 1. The van der Waals surface area contributed by atoms with Crippen molar-refractivity contribution in [2.45, 2.75) is 4.34 Å². The van der Waals surface area contributed by atoms with Gasteiger partial charge in [-0.1, -0.05) is 23.4 Å². The maximum Gasteiger partial charge on any atom is 0.151 e. The lowest BCUT2D eigenvalue weighted by molar-refractivity contribution is 0.0410. The molecule has 6 heteroatoms. The van der Waals surface area contributed by atoms with Gasteiger partial charge in [0.15, 0.2) is 4.34 Å². The van der Waals surface area contributed by atoms with Gasteiger partial charge in [0.2, 0.25) is 0 Å². The Balaban J connectivity index is 1.56. The van der Waals surface area contributed by atoms with Crippen molar-refractivity contribution >= 4 is 44.9 Å². The number of thioether (sulfide) groups is 1. The minimum absolute atomic E-state index is 0.752. The van der Waals surface area contributed by atoms with Crippen molar-refractivity contribution in [2.24, 2.45) is 0 Å². The molecule has 19 heavy (non-hydrogen) atoms. The van der Waals surface area contributed by atoms with Crippen molar-refractivity contribution in [1.82, 2.24) is 9.88 Å². The lowest BCUT2D eigenvalue weighted by Crippen LogP contribution is -2.37. The lowest BCUT2D eigenvalue weighted by atomic mass is 10.3. The van der Waals surface area contributed by atoms with Gasteiger partial charge in [-0.2, -0.15) is 0 Å². The Morgan fingerprint density at radius 2 is 2.21 bits per heavy atom. The molecular weight excluding hydrogens is 300 g/mol. The molecule has 0 amide bonds. The molecule has 1 aliphatic heterocycles. The number of rotatable bonds is 4. The molecule has 3 nitrogen and oxygen atoms in total. The Kier molecular flexibility index (Phi) is 4.61. The Morgan fingerprint density at radius 3 is 3.05 bits per heavy atom. The summed E-state index contributed by atoms with van der Waals surface area (Å²) < 4.78 is 7.68. The predicted octanol–water partition coefficient (Wildman–Crippen LogP) is 3.37. The van der Waals surface area contributed by atoms with E-state index < -0.39 is 0 Å². The number of benzene rings is 1. The van der Waals surface area contributed by atoms with E-state index in [2.05, 4.69) is 9.88 Å². The summed E-state index contributed by atoms with van der Waals surface area (Å²) in [5, 5.41) is 0.752. The Morgan fingerprint density at radius 1 is 1.37 bits per heavy atom. The van der Waals surface area contributed by atoms with Gasteiger partial charge in [0.25, 0.3) is 0 Å². The number of nitrogens with zero attached hydrogens (tertiary/aromatic N) is 2. The SMILES string of the molecule is Clc1ccc2sc(SCCN3CCOCC3)nc2c1. The van der Waals surface area contributed by atoms with Crippen LogP contribution in [-0.4, -0.2) is 48.5 Å². The van der Waals surface area contributed by atoms with E-state index in [1.807, 2.05) is 30.0 Å². The van der Waals surface area contributed by atoms with Crippen LogP contribution in [-0.2, 0) is 4.74 Å². The van der Waals surface area contributed by atoms with E-state index in [0.717, 1.165) is 53.5 Å². The molecule has 0 saturated carbocycles. The molecule has 0 N–H and O–H groups in total. The standard InChI is InChI=1S/C13H15ClN2OS2/c14-10-1-2-12-11(9-10)15-13(19-12)18-8-5-16-3-6-17-7-4-16/h1-2,9H,3-8H2. The van der Waals surface area contributed by atoms with E-state index in [0.29, 0.717) is 0 Å². The highest BCUT2D eigenvalue weighted by Gasteiger charge is 2.10. The van der Waals surface area contributed by atoms with E-state index in [1.165, 1.54) is 4.70 Å². The van der Waals surface area contributed by atoms with Crippen LogP contribution >= 0.6 is 34.7 Å². The van der Waals surface area contributed by atoms with Crippen LogP contribution in [0.5, 0.6) is 0 Å². The number of halogens is 1. The second kappa shape index (κ2) is 6.41. The van der Waals surface area contributed by atoms with Gasteiger partial charge in [-0.3, -0.25) is 4.90 Å². The van der Waals surface area contributed by atoms with E-state index in [1.54, 1.807) is 11.3 Å². The van der Waals surface area contributed by atoms with E-state index in [-0.39, 0.29) is 0 Å². The van der Waals surface area contributed by atoms with E-state index >= 15 is 0 Å². The fraction of sp³-hybridized carbons (Fsp3) is 0.462. The molecule has 1 fully saturated rings. The largest absolute Gasteiger partial charge is 0.379 e. The fourth-order valence-electron chi connectivity index (χ4n) is 2.03. The summed E-state index contributed by atoms with van der Waals surface area (Å²) in [7, 11) is 0. The fourth-order valence-corrected chi connectivity index (χ4v) is 4.31. The molecule has 1 aliphatic rings. The number of aromatic nitrogens is 1. The molecule has 0 spiro atoms. The van der Waals surface area contributed by atoms with Crippen LogP contribution in [0, 0.1) is 0 Å². The summed E-state index contributed by atoms with van der Waals surface area (Å²) in [5.41, 5.74) is 1.01. The number of ether oxygens (including phenoxy) is 1. The third-order valence-electron chi connectivity index (χ3n) is 3.07. The summed E-state index contributed by atoms with van der Waals surface area (Å²) >= 11 is 9.54. The molecule has 0 unspecified atom stereocenters. The van der Waals surface area contributed by atoms with Crippen molar-refractivity contribution < 1.29 is 4.74 Å². The number of hydrogen-bond acceptors (Lipinski definition) is 5. The third kappa shape index (κ3) is 3.61. The molecule has 1 aromatic heterocycles. The zero-order valence-corrected chi connectivity index (χ0v) is 12.9. The Hall–Kier alpha value is -0.330. The maximum absolute atomic E-state index is 5.97. The smallest absolute Gasteiger partial charge is 0.151 e. The van der Waals surface area contributed by atoms with Crippen LogP contribution in [0.3, 0.4) is 0 Å². The highest BCUT2D eigenvalue weighted by Crippen LogP contribution is 2.30. The van der Waals surface area contributed by atoms with Gasteiger partial charge in [-0.05, 0) is 18.2 Å². The van der Waals surface area contributed by atoms with Gasteiger partial charge in [-0.25, -0.2) is 4.98 Å². The molecule has 0 radical (unpaired) electrons. The topological polar surface area (TPSA) is 25.4 Å². The van der Waals surface area contributed by atoms with Crippen molar-refractivity contribution in [1.29, 1.82) is 0 Å². The molecule has 0 aliphatic carbocycles. The molecule has 102 valence electrons. The summed E-state index contributed by atoms with van der Waals surface area (Å²) in [6.07, 6.45) is 0. The first-order chi connectivity index (χ1) is 9.31. The van der Waals surface area contributed by atoms with Crippen LogP contribution in [0.4, 0.5) is 0 Å². The molecule has 1 saturated heterocycles. The number of morpholine rings is 1. The monoisotopic (exact) mass is 314 g/mol. The van der Waals surface area contributed by atoms with Gasteiger partial charge in [0.1, 0.15) is 0 Å². The summed E-state index contributed by atoms with van der Waals surface area (Å²) in [5.74, 6) is 1.08. The van der Waals surface area contributed by atoms with Crippen molar-refractivity contribution in [3.8, 4) is 0 Å². The Labute approximate surface area is 125 Å². The van der Waals surface area contributed by atoms with Crippen molar-refractivity contribution in [3.63, 3.8) is 0 Å². The average molecular weight is 315 g/mol. The molecule has 2 heterocycles. The van der Waals surface area contributed by atoms with Crippen LogP contribution in [0.2, 0.25) is 5.02 Å². The second-order valence-corrected chi connectivity index (χ2v) is 7.20. The third-order valence-corrected chi connectivity index (χ3v) is 5.46. The van der Waals surface area contributed by atoms with Gasteiger partial charge in [0, 0.05) is 30.4 Å². The first kappa shape index (κ1) is 13.6. The second-order valence-electron chi connectivity index (χ2n) is 4.39. The highest BCUT2D eigenvalue weighted by atomic mass is 35.5. The summed E-state index contributed by atoms with van der Waals surface area (Å²) in [6, 6.07) is 5.89. The van der Waals surface area contributed by atoms with Gasteiger partial charge >= 0.3 is 0 Å². The minimum Gasteiger partial charge on any atom is -0.379 e. The number of fused-ring (bicyclic) bond motifs is 1. The van der Waals surface area contributed by atoms with E-state index in [9.17, 15) is 0 Å². The zero-order chi connectivity index (χ0) is 13.1. The molecule has 2 aromatic rings. The average Bonchev–Trinajstić information content (AvgIpc) is 2.82. The quantitative estimate of drug-likeness (QED) is 0.808. The van der Waals surface area contributed by atoms with Crippen LogP contribution < -0.4 is 0 Å². The summed E-state index contributed by atoms with van der Waals surface area (Å²) in [6.45, 7) is 4.94. The molecule has 3 rings (SSSR count). The zero-order valence-electron chi connectivity index (χ0n) is 10.5. The first-order valence-electron chi connectivity index (χ1n) is 6.30. The maximum atomic E-state index is 5.97. The van der Waals surface area contributed by atoms with Crippen LogP contribution in [0.15, 0.2) is 22.5 Å². The minimum atomic E-state index is 0.752. The lowest BCUT2D eigenvalue weighted by Gasteiger charge is -2.26. The normalized spacial score (nSPS) is 17.1. The van der Waals surface area contributed by atoms with Gasteiger partial charge < -0.3 is 4.74 Å². The molecular formula is C13H15ClN2OS2. The molecule has 0 atom stereocenters. The summed E-state index contributed by atoms with van der Waals surface area (Å²) in [4.78, 5) is 7.06. The van der Waals surface area contributed by atoms with Gasteiger partial charge in [0.05, 0.1) is 23.4 Å². The van der Waals surface area contributed by atoms with Crippen LogP contribution in [0.25, 0.3) is 10.2 Å². The number of hydrogen-bond donors (Lipinski definition) is 0. The molecule has 1 aromatic carbocycles. The highest BCUT2D eigenvalue weighted by molar-refractivity contribution is 8.01. The van der Waals surface area contributed by atoms with Gasteiger partial charge in [-0.15, -0.1) is 11.3 Å². The predicted molar refractivity (Wildman–Crippen MR) is 82.6 cm³/mol. The first-order valence-corrected chi connectivity index (χ1v) is 8.48.